The van der Waals surface area contributed by atoms with Crippen molar-refractivity contribution in [2.24, 2.45) is 18.0 Å². The van der Waals surface area contributed by atoms with Crippen molar-refractivity contribution in [3.63, 3.8) is 0 Å². The van der Waals surface area contributed by atoms with Crippen LogP contribution in [0.4, 0.5) is 5.69 Å². The van der Waals surface area contributed by atoms with Gasteiger partial charge in [0.2, 0.25) is 0 Å². The molecule has 0 spiro atoms. The molecule has 2 aliphatic rings. The highest BCUT2D eigenvalue weighted by Gasteiger charge is 2.27. The van der Waals surface area contributed by atoms with Crippen LogP contribution in [-0.4, -0.2) is 41.1 Å². The molecule has 6 nitrogen and oxygen atoms in total. The van der Waals surface area contributed by atoms with Gasteiger partial charge in [-0.25, -0.2) is 4.79 Å². The molecule has 0 amide bonds. The summed E-state index contributed by atoms with van der Waals surface area (Å²) in [7, 11) is 2.03. The molecule has 0 unspecified atom stereocenters. The van der Waals surface area contributed by atoms with E-state index < -0.39 is 5.97 Å². The normalized spacial score (nSPS) is 20.1. The zero-order chi connectivity index (χ0) is 22.5. The zero-order valence-corrected chi connectivity index (χ0v) is 18.8. The molecule has 1 saturated carbocycles. The molecule has 0 atom stereocenters. The van der Waals surface area contributed by atoms with Gasteiger partial charge in [-0.2, -0.15) is 0 Å². The Labute approximate surface area is 189 Å². The van der Waals surface area contributed by atoms with Crippen molar-refractivity contribution in [1.29, 1.82) is 0 Å². The van der Waals surface area contributed by atoms with Crippen molar-refractivity contribution >= 4 is 34.3 Å². The third kappa shape index (κ3) is 5.13. The highest BCUT2D eigenvalue weighted by Crippen LogP contribution is 2.38. The Morgan fingerprint density at radius 1 is 1.38 bits per heavy atom. The molecule has 32 heavy (non-hydrogen) atoms. The van der Waals surface area contributed by atoms with E-state index >= 15 is 0 Å². The molecule has 1 aromatic carbocycles. The summed E-state index contributed by atoms with van der Waals surface area (Å²) in [6, 6.07) is 6.31. The highest BCUT2D eigenvalue weighted by atomic mass is 16.5. The van der Waals surface area contributed by atoms with E-state index in [1.54, 1.807) is 6.26 Å². The van der Waals surface area contributed by atoms with E-state index in [2.05, 4.69) is 39.2 Å². The number of benzene rings is 1. The number of rotatable bonds is 9. The van der Waals surface area contributed by atoms with Gasteiger partial charge in [-0.05, 0) is 68.0 Å². The van der Waals surface area contributed by atoms with Crippen LogP contribution in [-0.2, 0) is 16.6 Å². The molecule has 4 rings (SSSR count). The number of hydrogen-bond acceptors (Lipinski definition) is 4. The van der Waals surface area contributed by atoms with Crippen molar-refractivity contribution in [3.05, 3.63) is 59.5 Å². The lowest BCUT2D eigenvalue weighted by Crippen LogP contribution is -2.18. The molecule has 1 fully saturated rings. The molecule has 1 aliphatic heterocycles. The number of aliphatic imine (C=N–C) groups is 1. The topological polar surface area (TPSA) is 75.8 Å². The zero-order valence-electron chi connectivity index (χ0n) is 18.8. The number of carboxylic acids is 1. The van der Waals surface area contributed by atoms with E-state index in [4.69, 9.17) is 4.74 Å². The third-order valence-electron chi connectivity index (χ3n) is 5.91. The second-order valence-electron chi connectivity index (χ2n) is 8.32. The smallest absolute Gasteiger partial charge is 0.337 e. The van der Waals surface area contributed by atoms with Gasteiger partial charge in [0.25, 0.3) is 0 Å². The van der Waals surface area contributed by atoms with Crippen molar-refractivity contribution in [3.8, 4) is 0 Å². The van der Waals surface area contributed by atoms with E-state index in [-0.39, 0.29) is 0 Å². The van der Waals surface area contributed by atoms with E-state index in [1.165, 1.54) is 5.57 Å². The van der Waals surface area contributed by atoms with Crippen LogP contribution in [0.1, 0.15) is 38.2 Å². The van der Waals surface area contributed by atoms with Gasteiger partial charge >= 0.3 is 5.97 Å². The maximum absolute atomic E-state index is 12.0. The van der Waals surface area contributed by atoms with Crippen molar-refractivity contribution < 1.29 is 14.6 Å². The lowest BCUT2D eigenvalue weighted by molar-refractivity contribution is -0.132. The average Bonchev–Trinajstić information content (AvgIpc) is 3.52. The van der Waals surface area contributed by atoms with Gasteiger partial charge in [0.05, 0.1) is 29.7 Å². The van der Waals surface area contributed by atoms with Crippen molar-refractivity contribution in [2.45, 2.75) is 32.6 Å². The van der Waals surface area contributed by atoms with E-state index in [0.29, 0.717) is 43.3 Å². The number of aliphatic carboxylic acids is 1. The molecule has 168 valence electrons. The molecule has 0 saturated heterocycles. The summed E-state index contributed by atoms with van der Waals surface area (Å²) in [5.74, 6) is -0.367. The molecule has 2 heterocycles. The molecule has 0 radical (unpaired) electrons. The van der Waals surface area contributed by atoms with Gasteiger partial charge in [0, 0.05) is 49.4 Å². The minimum Gasteiger partial charge on any atom is -0.501 e. The van der Waals surface area contributed by atoms with Gasteiger partial charge in [0.1, 0.15) is 0 Å². The minimum atomic E-state index is -0.897. The fraction of sp³-hybridized carbons (Fsp3) is 0.385. The number of allylic oxidation sites excluding steroid dienone is 2. The van der Waals surface area contributed by atoms with E-state index in [0.717, 1.165) is 41.4 Å². The first-order valence-corrected chi connectivity index (χ1v) is 11.4. The van der Waals surface area contributed by atoms with E-state index in [9.17, 15) is 9.90 Å². The van der Waals surface area contributed by atoms with Gasteiger partial charge < -0.3 is 19.7 Å². The molecule has 1 aromatic heterocycles. The highest BCUT2D eigenvalue weighted by molar-refractivity contribution is 6.19. The monoisotopic (exact) mass is 433 g/mol. The van der Waals surface area contributed by atoms with Crippen LogP contribution in [0.2, 0.25) is 0 Å². The second kappa shape index (κ2) is 9.90. The van der Waals surface area contributed by atoms with Crippen LogP contribution in [0, 0.1) is 5.92 Å². The number of aromatic nitrogens is 1. The summed E-state index contributed by atoms with van der Waals surface area (Å²) in [5.41, 5.74) is 5.39. The summed E-state index contributed by atoms with van der Waals surface area (Å²) in [6.45, 7) is 3.84. The summed E-state index contributed by atoms with van der Waals surface area (Å²) in [5, 5.41) is 14.4. The summed E-state index contributed by atoms with van der Waals surface area (Å²) in [4.78, 5) is 16.6. The molecule has 6 heteroatoms. The Kier molecular flexibility index (Phi) is 6.78. The van der Waals surface area contributed by atoms with Crippen molar-refractivity contribution in [1.82, 2.24) is 4.57 Å². The Balaban J connectivity index is 1.50. The van der Waals surface area contributed by atoms with Crippen molar-refractivity contribution in [2.75, 3.05) is 25.0 Å². The first-order chi connectivity index (χ1) is 15.6. The second-order valence-corrected chi connectivity index (χ2v) is 8.32. The number of carbonyl (C=O) groups is 1. The first kappa shape index (κ1) is 21.9. The molecular formula is C26H31N3O3. The maximum atomic E-state index is 12.0. The number of nitrogens with one attached hydrogen (secondary N) is 1. The number of anilines is 1. The van der Waals surface area contributed by atoms with E-state index in [1.807, 2.05) is 32.3 Å². The lowest BCUT2D eigenvalue weighted by Gasteiger charge is -2.14. The van der Waals surface area contributed by atoms with Gasteiger partial charge in [-0.1, -0.05) is 6.08 Å². The van der Waals surface area contributed by atoms with Crippen LogP contribution >= 0.6 is 0 Å². The van der Waals surface area contributed by atoms with Crippen LogP contribution in [0.25, 0.3) is 17.0 Å². The van der Waals surface area contributed by atoms with Gasteiger partial charge in [0.15, 0.2) is 0 Å². The Bertz CT molecular complexity index is 1120. The lowest BCUT2D eigenvalue weighted by atomic mass is 9.99. The van der Waals surface area contributed by atoms with Crippen LogP contribution in [0.3, 0.4) is 0 Å². The Hall–Kier alpha value is -3.28. The van der Waals surface area contributed by atoms with Crippen LogP contribution in [0.15, 0.2) is 58.9 Å². The van der Waals surface area contributed by atoms with Gasteiger partial charge in [-0.15, -0.1) is 0 Å². The van der Waals surface area contributed by atoms with Crippen LogP contribution < -0.4 is 5.32 Å². The third-order valence-corrected chi connectivity index (χ3v) is 5.91. The molecule has 1 aliphatic carbocycles. The number of ether oxygens (including phenoxy) is 1. The molecule has 2 N–H and O–H groups in total. The summed E-state index contributed by atoms with van der Waals surface area (Å²) >= 11 is 0. The predicted octanol–water partition coefficient (Wildman–Crippen LogP) is 5.18. The Morgan fingerprint density at radius 3 is 2.97 bits per heavy atom. The quantitative estimate of drug-likeness (QED) is 0.534. The molecule has 2 aromatic rings. The largest absolute Gasteiger partial charge is 0.501 e. The first-order valence-electron chi connectivity index (χ1n) is 11.4. The van der Waals surface area contributed by atoms with Crippen LogP contribution in [0.5, 0.6) is 0 Å². The average molecular weight is 434 g/mol. The van der Waals surface area contributed by atoms with Gasteiger partial charge in [-0.3, -0.25) is 4.99 Å². The number of fused-ring (bicyclic) bond motifs is 1. The SMILES string of the molecule is CCO/C=C/c1cc(NCCC2=NCC/C=C(C3CC3)\C=C/2C(=O)O)cc2ccn(C)c12. The predicted molar refractivity (Wildman–Crippen MR) is 130 cm³/mol. The summed E-state index contributed by atoms with van der Waals surface area (Å²) < 4.78 is 7.50. The standard InChI is InChI=1S/C26H31N3O3/c1-3-32-14-10-21-16-22(15-20-9-13-29(2)25(20)21)27-12-8-24-23(26(30)31)17-19(18-6-7-18)5-4-11-28-24/h5,9-10,13-18,27H,3-4,6-8,11-12H2,1-2H3,(H,30,31)/b14-10+,19-5+,23-17+,28-24?. The number of hydrogen-bond donors (Lipinski definition) is 2. The molecular weight excluding hydrogens is 402 g/mol. The maximum Gasteiger partial charge on any atom is 0.337 e. The number of nitrogens with zero attached hydrogens (tertiary/aromatic N) is 2. The number of carboxylic acid groups (broad SMARTS) is 1. The fourth-order valence-corrected chi connectivity index (χ4v) is 4.18. The molecule has 0 bridgehead atoms. The Morgan fingerprint density at radius 2 is 2.22 bits per heavy atom. The minimum absolute atomic E-state index is 0.337. The summed E-state index contributed by atoms with van der Waals surface area (Å²) in [6.07, 6.45) is 13.5. The fourth-order valence-electron chi connectivity index (χ4n) is 4.18. The number of aryl methyl sites for hydroxylation is 1.